The van der Waals surface area contributed by atoms with E-state index < -0.39 is 5.91 Å². The van der Waals surface area contributed by atoms with Gasteiger partial charge in [-0.25, -0.2) is 0 Å². The molecular formula is C29H29N3O7. The van der Waals surface area contributed by atoms with Crippen LogP contribution >= 0.6 is 0 Å². The highest BCUT2D eigenvalue weighted by Crippen LogP contribution is 2.39. The maximum Gasteiger partial charge on any atom is 0.262 e. The third-order valence-electron chi connectivity index (χ3n) is 6.09. The van der Waals surface area contributed by atoms with Crippen LogP contribution in [0.1, 0.15) is 16.8 Å². The molecule has 0 fully saturated rings. The van der Waals surface area contributed by atoms with E-state index in [-0.39, 0.29) is 24.4 Å². The summed E-state index contributed by atoms with van der Waals surface area (Å²) >= 11 is 0. The number of pyridine rings is 1. The third-order valence-corrected chi connectivity index (χ3v) is 6.09. The summed E-state index contributed by atoms with van der Waals surface area (Å²) in [5, 5.41) is 6.47. The van der Waals surface area contributed by atoms with Gasteiger partial charge in [0.05, 0.1) is 39.7 Å². The summed E-state index contributed by atoms with van der Waals surface area (Å²) in [5.74, 6) is 1.06. The molecule has 4 aromatic rings. The average Bonchev–Trinajstić information content (AvgIpc) is 2.96. The van der Waals surface area contributed by atoms with Gasteiger partial charge in [-0.3, -0.25) is 19.0 Å². The summed E-state index contributed by atoms with van der Waals surface area (Å²) in [6.07, 6.45) is 1.51. The van der Waals surface area contributed by atoms with Gasteiger partial charge in [0.25, 0.3) is 11.5 Å². The largest absolute Gasteiger partial charge is 0.497 e. The van der Waals surface area contributed by atoms with Gasteiger partial charge >= 0.3 is 0 Å². The van der Waals surface area contributed by atoms with Crippen LogP contribution in [0.4, 0.5) is 5.69 Å². The van der Waals surface area contributed by atoms with E-state index in [9.17, 15) is 14.4 Å². The van der Waals surface area contributed by atoms with E-state index in [1.165, 1.54) is 32.1 Å². The Morgan fingerprint density at radius 1 is 0.821 bits per heavy atom. The van der Waals surface area contributed by atoms with Crippen LogP contribution in [0.5, 0.6) is 23.0 Å². The summed E-state index contributed by atoms with van der Waals surface area (Å²) in [6, 6.07) is 17.1. The van der Waals surface area contributed by atoms with Gasteiger partial charge in [-0.2, -0.15) is 0 Å². The van der Waals surface area contributed by atoms with Crippen LogP contribution in [0.25, 0.3) is 16.5 Å². The molecule has 2 N–H and O–H groups in total. The minimum Gasteiger partial charge on any atom is -0.497 e. The Balaban J connectivity index is 1.51. The molecule has 0 bridgehead atoms. The first-order valence-corrected chi connectivity index (χ1v) is 12.1. The Hall–Kier alpha value is -4.99. The van der Waals surface area contributed by atoms with E-state index in [1.807, 2.05) is 0 Å². The second-order valence-corrected chi connectivity index (χ2v) is 8.43. The van der Waals surface area contributed by atoms with E-state index in [0.29, 0.717) is 50.7 Å². The molecule has 0 aliphatic rings. The highest BCUT2D eigenvalue weighted by Gasteiger charge is 2.17. The molecule has 0 radical (unpaired) electrons. The monoisotopic (exact) mass is 531 g/mol. The number of hydrogen-bond acceptors (Lipinski definition) is 7. The molecule has 0 aliphatic carbocycles. The zero-order valence-corrected chi connectivity index (χ0v) is 22.1. The number of fused-ring (bicyclic) bond motifs is 1. The van der Waals surface area contributed by atoms with Crippen LogP contribution in [-0.4, -0.2) is 51.4 Å². The molecule has 39 heavy (non-hydrogen) atoms. The summed E-state index contributed by atoms with van der Waals surface area (Å²) in [7, 11) is 6.01. The quantitative estimate of drug-likeness (QED) is 0.320. The maximum absolute atomic E-state index is 13.2. The molecule has 1 heterocycles. The topological polar surface area (TPSA) is 117 Å². The van der Waals surface area contributed by atoms with Crippen molar-refractivity contribution in [1.82, 2.24) is 9.88 Å². The predicted octanol–water partition coefficient (Wildman–Crippen LogP) is 3.78. The Kier molecular flexibility index (Phi) is 8.35. The molecule has 10 heteroatoms. The SMILES string of the molecule is COc1cccc(-n2cc(C(=O)NCCC(=O)Nc3cc(OC)c(OC)c(OC)c3)c3ccccc3c2=O)c1. The summed E-state index contributed by atoms with van der Waals surface area (Å²) in [5.41, 5.74) is 1.05. The number of hydrogen-bond donors (Lipinski definition) is 2. The number of carbonyl (C=O) groups excluding carboxylic acids is 2. The van der Waals surface area contributed by atoms with Crippen LogP contribution in [0.2, 0.25) is 0 Å². The minimum absolute atomic E-state index is 0.00978. The number of amides is 2. The Morgan fingerprint density at radius 2 is 1.51 bits per heavy atom. The number of benzene rings is 3. The molecule has 202 valence electrons. The van der Waals surface area contributed by atoms with Gasteiger partial charge in [0.2, 0.25) is 11.7 Å². The fourth-order valence-corrected chi connectivity index (χ4v) is 4.19. The number of aromatic nitrogens is 1. The van der Waals surface area contributed by atoms with Gasteiger partial charge in [0.1, 0.15) is 5.75 Å². The smallest absolute Gasteiger partial charge is 0.262 e. The molecule has 0 aliphatic heterocycles. The highest BCUT2D eigenvalue weighted by atomic mass is 16.5. The fraction of sp³-hybridized carbons (Fsp3) is 0.207. The first kappa shape index (κ1) is 27.1. The van der Waals surface area contributed by atoms with Crippen molar-refractivity contribution < 1.29 is 28.5 Å². The van der Waals surface area contributed by atoms with Gasteiger partial charge < -0.3 is 29.6 Å². The van der Waals surface area contributed by atoms with Crippen LogP contribution in [-0.2, 0) is 4.79 Å². The van der Waals surface area contributed by atoms with E-state index in [2.05, 4.69) is 10.6 Å². The van der Waals surface area contributed by atoms with Crippen molar-refractivity contribution in [2.24, 2.45) is 0 Å². The molecule has 10 nitrogen and oxygen atoms in total. The lowest BCUT2D eigenvalue weighted by Crippen LogP contribution is -2.29. The number of ether oxygens (including phenoxy) is 4. The van der Waals surface area contributed by atoms with E-state index >= 15 is 0 Å². The first-order valence-electron chi connectivity index (χ1n) is 12.1. The average molecular weight is 532 g/mol. The van der Waals surface area contributed by atoms with E-state index in [4.69, 9.17) is 18.9 Å². The first-order chi connectivity index (χ1) is 18.9. The van der Waals surface area contributed by atoms with Gasteiger partial charge in [-0.1, -0.05) is 24.3 Å². The molecule has 0 unspecified atom stereocenters. The van der Waals surface area contributed by atoms with Crippen LogP contribution < -0.4 is 35.1 Å². The normalized spacial score (nSPS) is 10.6. The molecule has 0 atom stereocenters. The van der Waals surface area contributed by atoms with Crippen molar-refractivity contribution in [2.45, 2.75) is 6.42 Å². The summed E-state index contributed by atoms with van der Waals surface area (Å²) < 4.78 is 22.6. The van der Waals surface area contributed by atoms with Crippen molar-refractivity contribution in [1.29, 1.82) is 0 Å². The zero-order valence-electron chi connectivity index (χ0n) is 22.1. The fourth-order valence-electron chi connectivity index (χ4n) is 4.19. The van der Waals surface area contributed by atoms with Gasteiger partial charge in [0, 0.05) is 53.8 Å². The van der Waals surface area contributed by atoms with Gasteiger partial charge in [0.15, 0.2) is 11.5 Å². The molecule has 4 rings (SSSR count). The lowest BCUT2D eigenvalue weighted by molar-refractivity contribution is -0.116. The molecule has 0 saturated carbocycles. The zero-order chi connectivity index (χ0) is 27.9. The number of carbonyl (C=O) groups is 2. The van der Waals surface area contributed by atoms with E-state index in [1.54, 1.807) is 67.8 Å². The molecule has 0 spiro atoms. The molecule has 1 aromatic heterocycles. The second-order valence-electron chi connectivity index (χ2n) is 8.43. The van der Waals surface area contributed by atoms with Crippen LogP contribution in [0.3, 0.4) is 0 Å². The molecule has 3 aromatic carbocycles. The lowest BCUT2D eigenvalue weighted by Gasteiger charge is -2.15. The van der Waals surface area contributed by atoms with E-state index in [0.717, 1.165) is 0 Å². The highest BCUT2D eigenvalue weighted by molar-refractivity contribution is 6.06. The van der Waals surface area contributed by atoms with Crippen molar-refractivity contribution >= 4 is 28.3 Å². The van der Waals surface area contributed by atoms with Crippen molar-refractivity contribution in [3.05, 3.63) is 82.8 Å². The van der Waals surface area contributed by atoms with Crippen LogP contribution in [0.15, 0.2) is 71.7 Å². The Morgan fingerprint density at radius 3 is 2.15 bits per heavy atom. The van der Waals surface area contributed by atoms with Gasteiger partial charge in [-0.15, -0.1) is 0 Å². The molecular weight excluding hydrogens is 502 g/mol. The lowest BCUT2D eigenvalue weighted by atomic mass is 10.1. The third kappa shape index (κ3) is 5.80. The van der Waals surface area contributed by atoms with Gasteiger partial charge in [-0.05, 0) is 18.2 Å². The number of methoxy groups -OCH3 is 4. The summed E-state index contributed by atoms with van der Waals surface area (Å²) in [6.45, 7) is 0.0711. The Bertz CT molecular complexity index is 1550. The van der Waals surface area contributed by atoms with Crippen molar-refractivity contribution in [3.8, 4) is 28.7 Å². The Labute approximate surface area is 225 Å². The van der Waals surface area contributed by atoms with Crippen LogP contribution in [0, 0.1) is 0 Å². The number of nitrogens with zero attached hydrogens (tertiary/aromatic N) is 1. The number of anilines is 1. The second kappa shape index (κ2) is 12.0. The standard InChI is InChI=1S/C29H29N3O7/c1-36-20-9-7-8-19(16-20)32-17-23(21-10-5-6-11-22(21)29(32)35)28(34)30-13-12-26(33)31-18-14-24(37-2)27(39-4)25(15-18)38-3/h5-11,14-17H,12-13H2,1-4H3,(H,30,34)(H,31,33). The minimum atomic E-state index is -0.413. The van der Waals surface area contributed by atoms with Crippen molar-refractivity contribution in [2.75, 3.05) is 40.3 Å². The number of nitrogens with one attached hydrogen (secondary N) is 2. The molecule has 0 saturated heterocycles. The maximum atomic E-state index is 13.2. The predicted molar refractivity (Wildman–Crippen MR) is 148 cm³/mol. The van der Waals surface area contributed by atoms with Crippen molar-refractivity contribution in [3.63, 3.8) is 0 Å². The number of rotatable bonds is 10. The molecule has 2 amide bonds. The summed E-state index contributed by atoms with van der Waals surface area (Å²) in [4.78, 5) is 39.1.